The smallest absolute Gasteiger partial charge is 0.259 e. The Morgan fingerprint density at radius 1 is 1.04 bits per heavy atom. The SMILES string of the molecule is O=c1cc(/C=C/c2cccnc2)nc2sc(-c3ccccc3)cn12. The van der Waals surface area contributed by atoms with Gasteiger partial charge < -0.3 is 0 Å². The van der Waals surface area contributed by atoms with Gasteiger partial charge in [-0.1, -0.05) is 53.8 Å². The first-order chi connectivity index (χ1) is 11.8. The molecule has 0 aliphatic heterocycles. The van der Waals surface area contributed by atoms with Crippen LogP contribution in [-0.4, -0.2) is 14.4 Å². The van der Waals surface area contributed by atoms with Crippen molar-refractivity contribution in [2.45, 2.75) is 0 Å². The second-order valence-corrected chi connectivity index (χ2v) is 6.26. The van der Waals surface area contributed by atoms with Gasteiger partial charge in [-0.25, -0.2) is 4.98 Å². The molecule has 4 nitrogen and oxygen atoms in total. The fraction of sp³-hybridized carbons (Fsp3) is 0. The van der Waals surface area contributed by atoms with E-state index >= 15 is 0 Å². The number of rotatable bonds is 3. The molecule has 1 aromatic carbocycles. The molecule has 3 heterocycles. The van der Waals surface area contributed by atoms with E-state index < -0.39 is 0 Å². The van der Waals surface area contributed by atoms with Crippen molar-refractivity contribution in [2.75, 3.05) is 0 Å². The standard InChI is InChI=1S/C19H13N3OS/c23-18-11-16(9-8-14-5-4-10-20-12-14)21-19-22(18)13-17(24-19)15-6-2-1-3-7-15/h1-13H/b9-8+. The van der Waals surface area contributed by atoms with Crippen molar-refractivity contribution in [2.24, 2.45) is 0 Å². The maximum absolute atomic E-state index is 12.3. The van der Waals surface area contributed by atoms with Crippen molar-refractivity contribution in [1.29, 1.82) is 0 Å². The van der Waals surface area contributed by atoms with E-state index in [1.54, 1.807) is 22.9 Å². The summed E-state index contributed by atoms with van der Waals surface area (Å²) < 4.78 is 1.59. The van der Waals surface area contributed by atoms with Crippen LogP contribution in [0.15, 0.2) is 71.9 Å². The van der Waals surface area contributed by atoms with E-state index in [-0.39, 0.29) is 5.56 Å². The van der Waals surface area contributed by atoms with E-state index in [9.17, 15) is 4.79 Å². The zero-order valence-corrected chi connectivity index (χ0v) is 13.5. The highest BCUT2D eigenvalue weighted by atomic mass is 32.1. The summed E-state index contributed by atoms with van der Waals surface area (Å²) in [6.07, 6.45) is 9.07. The van der Waals surface area contributed by atoms with Gasteiger partial charge in [-0.2, -0.15) is 0 Å². The fourth-order valence-corrected chi connectivity index (χ4v) is 3.40. The number of hydrogen-bond acceptors (Lipinski definition) is 4. The quantitative estimate of drug-likeness (QED) is 0.570. The van der Waals surface area contributed by atoms with Crippen molar-refractivity contribution in [3.63, 3.8) is 0 Å². The van der Waals surface area contributed by atoms with Crippen LogP contribution in [0.4, 0.5) is 0 Å². The minimum absolute atomic E-state index is 0.0794. The summed E-state index contributed by atoms with van der Waals surface area (Å²) in [5, 5.41) is 0. The number of fused-ring (bicyclic) bond motifs is 1. The van der Waals surface area contributed by atoms with Crippen LogP contribution in [0.25, 0.3) is 27.6 Å². The van der Waals surface area contributed by atoms with Gasteiger partial charge in [0, 0.05) is 24.7 Å². The Labute approximate surface area is 142 Å². The topological polar surface area (TPSA) is 47.3 Å². The number of benzene rings is 1. The van der Waals surface area contributed by atoms with Crippen LogP contribution in [0.3, 0.4) is 0 Å². The molecular weight excluding hydrogens is 318 g/mol. The minimum atomic E-state index is -0.0794. The molecule has 0 spiro atoms. The molecule has 0 N–H and O–H groups in total. The van der Waals surface area contributed by atoms with E-state index in [2.05, 4.69) is 9.97 Å². The number of hydrogen-bond donors (Lipinski definition) is 0. The van der Waals surface area contributed by atoms with Crippen LogP contribution in [0.2, 0.25) is 0 Å². The van der Waals surface area contributed by atoms with Crippen LogP contribution in [0.1, 0.15) is 11.3 Å². The van der Waals surface area contributed by atoms with Crippen molar-refractivity contribution >= 4 is 28.4 Å². The largest absolute Gasteiger partial charge is 0.269 e. The molecule has 24 heavy (non-hydrogen) atoms. The first kappa shape index (κ1) is 14.5. The number of pyridine rings is 1. The van der Waals surface area contributed by atoms with Crippen LogP contribution in [0, 0.1) is 0 Å². The van der Waals surface area contributed by atoms with E-state index in [1.807, 2.05) is 60.8 Å². The molecule has 0 unspecified atom stereocenters. The second kappa shape index (κ2) is 6.22. The third-order valence-corrected chi connectivity index (χ3v) is 4.61. The predicted molar refractivity (Wildman–Crippen MR) is 97.9 cm³/mol. The van der Waals surface area contributed by atoms with Gasteiger partial charge in [0.1, 0.15) is 0 Å². The van der Waals surface area contributed by atoms with E-state index in [1.165, 1.54) is 11.3 Å². The minimum Gasteiger partial charge on any atom is -0.269 e. The average molecular weight is 331 g/mol. The molecule has 0 atom stereocenters. The Hall–Kier alpha value is -3.05. The zero-order valence-electron chi connectivity index (χ0n) is 12.7. The Balaban J connectivity index is 1.75. The Bertz CT molecular complexity index is 1070. The summed E-state index contributed by atoms with van der Waals surface area (Å²) in [5.74, 6) is 0. The van der Waals surface area contributed by atoms with Crippen LogP contribution in [-0.2, 0) is 0 Å². The molecule has 0 aliphatic carbocycles. The van der Waals surface area contributed by atoms with Gasteiger partial charge in [0.2, 0.25) is 0 Å². The highest BCUT2D eigenvalue weighted by Crippen LogP contribution is 2.26. The van der Waals surface area contributed by atoms with Crippen molar-refractivity contribution in [3.8, 4) is 10.4 Å². The van der Waals surface area contributed by atoms with Crippen LogP contribution < -0.4 is 5.56 Å². The summed E-state index contributed by atoms with van der Waals surface area (Å²) in [7, 11) is 0. The molecule has 4 aromatic rings. The first-order valence-electron chi connectivity index (χ1n) is 7.46. The van der Waals surface area contributed by atoms with Gasteiger partial charge in [0.15, 0.2) is 4.96 Å². The highest BCUT2D eigenvalue weighted by molar-refractivity contribution is 7.20. The normalized spacial score (nSPS) is 11.3. The van der Waals surface area contributed by atoms with Gasteiger partial charge in [-0.15, -0.1) is 0 Å². The maximum Gasteiger partial charge on any atom is 0.259 e. The molecule has 0 saturated heterocycles. The molecule has 3 aromatic heterocycles. The zero-order chi connectivity index (χ0) is 16.4. The number of nitrogens with zero attached hydrogens (tertiary/aromatic N) is 3. The molecule has 0 amide bonds. The van der Waals surface area contributed by atoms with Crippen molar-refractivity contribution < 1.29 is 0 Å². The maximum atomic E-state index is 12.3. The molecule has 0 saturated carbocycles. The molecule has 4 rings (SSSR count). The Kier molecular flexibility index (Phi) is 3.76. The van der Waals surface area contributed by atoms with E-state index in [0.717, 1.165) is 16.0 Å². The summed E-state index contributed by atoms with van der Waals surface area (Å²) >= 11 is 1.51. The van der Waals surface area contributed by atoms with Gasteiger partial charge in [-0.3, -0.25) is 14.2 Å². The molecule has 0 bridgehead atoms. The molecular formula is C19H13N3OS. The van der Waals surface area contributed by atoms with Crippen molar-refractivity contribution in [1.82, 2.24) is 14.4 Å². The fourth-order valence-electron chi connectivity index (χ4n) is 2.40. The average Bonchev–Trinajstić information content (AvgIpc) is 3.06. The van der Waals surface area contributed by atoms with Crippen molar-refractivity contribution in [3.05, 3.63) is 88.7 Å². The summed E-state index contributed by atoms with van der Waals surface area (Å²) in [5.41, 5.74) is 2.62. The van der Waals surface area contributed by atoms with Crippen LogP contribution in [0.5, 0.6) is 0 Å². The lowest BCUT2D eigenvalue weighted by atomic mass is 10.2. The molecule has 116 valence electrons. The van der Waals surface area contributed by atoms with Gasteiger partial charge in [-0.05, 0) is 23.3 Å². The first-order valence-corrected chi connectivity index (χ1v) is 8.28. The van der Waals surface area contributed by atoms with E-state index in [0.29, 0.717) is 10.7 Å². The third kappa shape index (κ3) is 2.89. The molecule has 0 fully saturated rings. The lowest BCUT2D eigenvalue weighted by Gasteiger charge is -1.95. The van der Waals surface area contributed by atoms with Gasteiger partial charge in [0.05, 0.1) is 10.6 Å². The van der Waals surface area contributed by atoms with Crippen LogP contribution >= 0.6 is 11.3 Å². The summed E-state index contributed by atoms with van der Waals surface area (Å²) in [4.78, 5) is 22.7. The highest BCUT2D eigenvalue weighted by Gasteiger charge is 2.07. The van der Waals surface area contributed by atoms with E-state index in [4.69, 9.17) is 0 Å². The summed E-state index contributed by atoms with van der Waals surface area (Å²) in [6, 6.07) is 15.4. The number of aromatic nitrogens is 3. The monoisotopic (exact) mass is 331 g/mol. The molecule has 5 heteroatoms. The number of thiazole rings is 1. The Morgan fingerprint density at radius 2 is 1.92 bits per heavy atom. The lowest BCUT2D eigenvalue weighted by molar-refractivity contribution is 1.07. The lowest BCUT2D eigenvalue weighted by Crippen LogP contribution is -2.11. The van der Waals surface area contributed by atoms with Gasteiger partial charge >= 0.3 is 0 Å². The van der Waals surface area contributed by atoms with Gasteiger partial charge in [0.25, 0.3) is 5.56 Å². The summed E-state index contributed by atoms with van der Waals surface area (Å²) in [6.45, 7) is 0. The Morgan fingerprint density at radius 3 is 2.71 bits per heavy atom. The molecule has 0 aliphatic rings. The second-order valence-electron chi connectivity index (χ2n) is 5.25. The predicted octanol–water partition coefficient (Wildman–Crippen LogP) is 3.99. The third-order valence-electron chi connectivity index (χ3n) is 3.58. The molecule has 0 radical (unpaired) electrons.